The second-order valence-corrected chi connectivity index (χ2v) is 5.99. The summed E-state index contributed by atoms with van der Waals surface area (Å²) in [7, 11) is 0. The number of nitrogens with zero attached hydrogens (tertiary/aromatic N) is 4. The first kappa shape index (κ1) is 16.1. The van der Waals surface area contributed by atoms with E-state index in [1.165, 1.54) is 6.08 Å². The minimum Gasteiger partial charge on any atom is -0.338 e. The molecular formula is C18H21N5O. The van der Waals surface area contributed by atoms with E-state index in [-0.39, 0.29) is 11.8 Å². The van der Waals surface area contributed by atoms with Crippen LogP contribution in [0.1, 0.15) is 29.4 Å². The normalized spacial score (nSPS) is 16.9. The summed E-state index contributed by atoms with van der Waals surface area (Å²) < 4.78 is 0. The first-order valence-corrected chi connectivity index (χ1v) is 8.02. The van der Waals surface area contributed by atoms with Crippen molar-refractivity contribution < 1.29 is 4.79 Å². The summed E-state index contributed by atoms with van der Waals surface area (Å²) in [6.45, 7) is 8.84. The van der Waals surface area contributed by atoms with Gasteiger partial charge < -0.3 is 10.2 Å². The lowest BCUT2D eigenvalue weighted by molar-refractivity contribution is -0.125. The van der Waals surface area contributed by atoms with Crippen molar-refractivity contribution in [1.82, 2.24) is 19.9 Å². The summed E-state index contributed by atoms with van der Waals surface area (Å²) in [6.07, 6.45) is 4.02. The number of nitrogens with one attached hydrogen (secondary N) is 1. The predicted octanol–water partition coefficient (Wildman–Crippen LogP) is 2.73. The quantitative estimate of drug-likeness (QED) is 0.876. The molecule has 124 valence electrons. The molecular weight excluding hydrogens is 302 g/mol. The van der Waals surface area contributed by atoms with Crippen LogP contribution in [0.3, 0.4) is 0 Å². The van der Waals surface area contributed by atoms with Crippen LogP contribution in [-0.2, 0) is 4.79 Å². The standard InChI is InChI=1S/C18H21N5O/c1-4-17(24)23-9-7-14(11-23)15-10-16(21-13(3)20-15)22-18-12(2)6-5-8-19-18/h4-6,8,10,14H,1,7,9,11H2,2-3H3,(H,19,20,21,22)/t14-/m0/s1. The molecule has 0 spiro atoms. The van der Waals surface area contributed by atoms with E-state index >= 15 is 0 Å². The Balaban J connectivity index is 1.81. The minimum atomic E-state index is -0.0225. The van der Waals surface area contributed by atoms with Crippen molar-refractivity contribution in [1.29, 1.82) is 0 Å². The molecule has 1 atom stereocenters. The maximum absolute atomic E-state index is 11.8. The zero-order valence-electron chi connectivity index (χ0n) is 14.0. The first-order chi connectivity index (χ1) is 11.6. The maximum atomic E-state index is 11.8. The molecule has 6 nitrogen and oxygen atoms in total. The van der Waals surface area contributed by atoms with E-state index in [0.29, 0.717) is 12.4 Å². The number of hydrogen-bond donors (Lipinski definition) is 1. The zero-order chi connectivity index (χ0) is 17.1. The lowest BCUT2D eigenvalue weighted by Crippen LogP contribution is -2.26. The SMILES string of the molecule is C=CC(=O)N1CC[C@H](c2cc(Nc3ncccc3C)nc(C)n2)C1. The van der Waals surface area contributed by atoms with Gasteiger partial charge in [-0.2, -0.15) is 0 Å². The van der Waals surface area contributed by atoms with Crippen molar-refractivity contribution in [2.45, 2.75) is 26.2 Å². The lowest BCUT2D eigenvalue weighted by atomic mass is 10.0. The third-order valence-electron chi connectivity index (χ3n) is 4.21. The number of rotatable bonds is 4. The van der Waals surface area contributed by atoms with Gasteiger partial charge in [-0.25, -0.2) is 15.0 Å². The van der Waals surface area contributed by atoms with E-state index in [1.807, 2.05) is 36.9 Å². The maximum Gasteiger partial charge on any atom is 0.245 e. The van der Waals surface area contributed by atoms with E-state index in [0.717, 1.165) is 35.9 Å². The molecule has 6 heteroatoms. The molecule has 0 aliphatic carbocycles. The van der Waals surface area contributed by atoms with Gasteiger partial charge in [0.2, 0.25) is 5.91 Å². The van der Waals surface area contributed by atoms with E-state index in [9.17, 15) is 4.79 Å². The van der Waals surface area contributed by atoms with Crippen molar-refractivity contribution in [2.24, 2.45) is 0 Å². The van der Waals surface area contributed by atoms with Gasteiger partial charge in [-0.3, -0.25) is 4.79 Å². The fourth-order valence-corrected chi connectivity index (χ4v) is 2.93. The highest BCUT2D eigenvalue weighted by molar-refractivity contribution is 5.87. The number of likely N-dealkylation sites (tertiary alicyclic amines) is 1. The van der Waals surface area contributed by atoms with Crippen molar-refractivity contribution >= 4 is 17.5 Å². The molecule has 2 aromatic heterocycles. The van der Waals surface area contributed by atoms with Gasteiger partial charge in [0, 0.05) is 31.3 Å². The smallest absolute Gasteiger partial charge is 0.245 e. The summed E-state index contributed by atoms with van der Waals surface area (Å²) in [6, 6.07) is 5.86. The Morgan fingerprint density at radius 2 is 2.25 bits per heavy atom. The Morgan fingerprint density at radius 3 is 3.00 bits per heavy atom. The van der Waals surface area contributed by atoms with Gasteiger partial charge in [0.05, 0.1) is 5.69 Å². The zero-order valence-corrected chi connectivity index (χ0v) is 14.0. The number of carbonyl (C=O) groups excluding carboxylic acids is 1. The number of carbonyl (C=O) groups is 1. The van der Waals surface area contributed by atoms with Crippen LogP contribution < -0.4 is 5.32 Å². The Morgan fingerprint density at radius 1 is 1.42 bits per heavy atom. The van der Waals surface area contributed by atoms with Crippen LogP contribution in [0.4, 0.5) is 11.6 Å². The van der Waals surface area contributed by atoms with Crippen molar-refractivity contribution in [3.8, 4) is 0 Å². The van der Waals surface area contributed by atoms with Crippen molar-refractivity contribution in [3.63, 3.8) is 0 Å². The van der Waals surface area contributed by atoms with Crippen LogP contribution in [0.25, 0.3) is 0 Å². The molecule has 1 N–H and O–H groups in total. The molecule has 24 heavy (non-hydrogen) atoms. The van der Waals surface area contributed by atoms with Gasteiger partial charge in [-0.05, 0) is 38.0 Å². The largest absolute Gasteiger partial charge is 0.338 e. The first-order valence-electron chi connectivity index (χ1n) is 8.02. The molecule has 0 unspecified atom stereocenters. The number of hydrogen-bond acceptors (Lipinski definition) is 5. The second kappa shape index (κ2) is 6.78. The Labute approximate surface area is 141 Å². The minimum absolute atomic E-state index is 0.0225. The Kier molecular flexibility index (Phi) is 4.55. The molecule has 3 heterocycles. The number of aromatic nitrogens is 3. The van der Waals surface area contributed by atoms with E-state index in [4.69, 9.17) is 0 Å². The van der Waals surface area contributed by atoms with Gasteiger partial charge in [-0.15, -0.1) is 0 Å². The predicted molar refractivity (Wildman–Crippen MR) is 93.2 cm³/mol. The summed E-state index contributed by atoms with van der Waals surface area (Å²) in [5.74, 6) is 2.42. The summed E-state index contributed by atoms with van der Waals surface area (Å²) >= 11 is 0. The Bertz CT molecular complexity index is 774. The van der Waals surface area contributed by atoms with Gasteiger partial charge in [0.25, 0.3) is 0 Å². The average molecular weight is 323 g/mol. The fourth-order valence-electron chi connectivity index (χ4n) is 2.93. The molecule has 1 amide bonds. The lowest BCUT2D eigenvalue weighted by Gasteiger charge is -2.15. The molecule has 1 fully saturated rings. The van der Waals surface area contributed by atoms with Gasteiger partial charge in [-0.1, -0.05) is 12.6 Å². The topological polar surface area (TPSA) is 71.0 Å². The van der Waals surface area contributed by atoms with Crippen LogP contribution >= 0.6 is 0 Å². The molecule has 0 saturated carbocycles. The van der Waals surface area contributed by atoms with Crippen molar-refractivity contribution in [2.75, 3.05) is 18.4 Å². The molecule has 0 bridgehead atoms. The number of pyridine rings is 1. The summed E-state index contributed by atoms with van der Waals surface area (Å²) in [4.78, 5) is 26.9. The second-order valence-electron chi connectivity index (χ2n) is 5.99. The number of aryl methyl sites for hydroxylation is 2. The number of amides is 1. The third-order valence-corrected chi connectivity index (χ3v) is 4.21. The van der Waals surface area contributed by atoms with Crippen LogP contribution in [0, 0.1) is 13.8 Å². The highest BCUT2D eigenvalue weighted by Crippen LogP contribution is 2.28. The van der Waals surface area contributed by atoms with Crippen molar-refractivity contribution in [3.05, 3.63) is 54.1 Å². The molecule has 0 aromatic carbocycles. The van der Waals surface area contributed by atoms with Crippen LogP contribution in [0.5, 0.6) is 0 Å². The molecule has 1 aliphatic heterocycles. The monoisotopic (exact) mass is 323 g/mol. The van der Waals surface area contributed by atoms with Crippen LogP contribution in [0.2, 0.25) is 0 Å². The average Bonchev–Trinajstić information content (AvgIpc) is 3.06. The molecule has 2 aromatic rings. The van der Waals surface area contributed by atoms with Crippen LogP contribution in [0.15, 0.2) is 37.1 Å². The van der Waals surface area contributed by atoms with Crippen LogP contribution in [-0.4, -0.2) is 38.8 Å². The van der Waals surface area contributed by atoms with E-state index in [2.05, 4.69) is 26.8 Å². The highest BCUT2D eigenvalue weighted by atomic mass is 16.2. The van der Waals surface area contributed by atoms with E-state index in [1.54, 1.807) is 6.20 Å². The number of anilines is 2. The highest BCUT2D eigenvalue weighted by Gasteiger charge is 2.27. The van der Waals surface area contributed by atoms with Gasteiger partial charge >= 0.3 is 0 Å². The fraction of sp³-hybridized carbons (Fsp3) is 0.333. The Hall–Kier alpha value is -2.76. The third kappa shape index (κ3) is 3.42. The summed E-state index contributed by atoms with van der Waals surface area (Å²) in [5.41, 5.74) is 2.01. The van der Waals surface area contributed by atoms with Gasteiger partial charge in [0.15, 0.2) is 0 Å². The van der Waals surface area contributed by atoms with Gasteiger partial charge in [0.1, 0.15) is 17.5 Å². The molecule has 1 aliphatic rings. The molecule has 0 radical (unpaired) electrons. The molecule has 1 saturated heterocycles. The molecule has 3 rings (SSSR count). The summed E-state index contributed by atoms with van der Waals surface area (Å²) in [5, 5.41) is 3.26. The van der Waals surface area contributed by atoms with E-state index < -0.39 is 0 Å².